The van der Waals surface area contributed by atoms with Crippen LogP contribution in [0.25, 0.3) is 0 Å². The van der Waals surface area contributed by atoms with Gasteiger partial charge in [0.25, 0.3) is 0 Å². The highest BCUT2D eigenvalue weighted by atomic mass is 16.6. The highest BCUT2D eigenvalue weighted by Gasteiger charge is 2.01. The lowest BCUT2D eigenvalue weighted by Gasteiger charge is -2.09. The van der Waals surface area contributed by atoms with E-state index in [-0.39, 0.29) is 19.0 Å². The molecule has 0 saturated carbocycles. The van der Waals surface area contributed by atoms with E-state index in [0.29, 0.717) is 6.61 Å². The summed E-state index contributed by atoms with van der Waals surface area (Å²) in [6.45, 7) is 8.09. The maximum absolute atomic E-state index is 10.8. The van der Waals surface area contributed by atoms with E-state index in [1.54, 1.807) is 0 Å². The maximum Gasteiger partial charge on any atom is 0.305 e. The molecule has 1 aromatic carbocycles. The summed E-state index contributed by atoms with van der Waals surface area (Å²) in [5, 5.41) is 0. The Morgan fingerprint density at radius 3 is 2.69 bits per heavy atom. The average molecular weight is 221 g/mol. The zero-order chi connectivity index (χ0) is 12.0. The van der Waals surface area contributed by atoms with Gasteiger partial charge in [0.15, 0.2) is 0 Å². The molecule has 87 valence electrons. The van der Waals surface area contributed by atoms with Crippen molar-refractivity contribution in [2.24, 2.45) is 0 Å². The van der Waals surface area contributed by atoms with E-state index < -0.39 is 0 Å². The molecular formula is C13H17O3. The second-order valence-electron chi connectivity index (χ2n) is 3.59. The predicted molar refractivity (Wildman–Crippen MR) is 62.3 cm³/mol. The number of aryl methyl sites for hydroxylation is 2. The minimum atomic E-state index is -0.302. The molecule has 0 aliphatic carbocycles. The quantitative estimate of drug-likeness (QED) is 0.566. The molecule has 0 aliphatic rings. The molecule has 0 N–H and O–H groups in total. The summed E-state index contributed by atoms with van der Waals surface area (Å²) >= 11 is 0. The van der Waals surface area contributed by atoms with Crippen molar-refractivity contribution in [3.8, 4) is 5.75 Å². The van der Waals surface area contributed by atoms with Crippen molar-refractivity contribution >= 4 is 5.97 Å². The Morgan fingerprint density at radius 2 is 2.06 bits per heavy atom. The molecule has 0 fully saturated rings. The molecule has 0 saturated heterocycles. The lowest BCUT2D eigenvalue weighted by Crippen LogP contribution is -2.11. The van der Waals surface area contributed by atoms with Crippen LogP contribution in [-0.2, 0) is 9.53 Å². The van der Waals surface area contributed by atoms with Crippen LogP contribution < -0.4 is 4.74 Å². The number of esters is 1. The van der Waals surface area contributed by atoms with Crippen molar-refractivity contribution in [3.63, 3.8) is 0 Å². The van der Waals surface area contributed by atoms with Crippen molar-refractivity contribution in [3.05, 3.63) is 36.2 Å². The SMILES string of the molecule is [CH2]CC(=O)OCCOc1ccc(C)cc1C. The standard InChI is InChI=1S/C13H17O3/c1-4-13(14)16-8-7-15-12-6-5-10(2)9-11(12)3/h5-6,9H,1,4,7-8H2,2-3H3. The number of rotatable bonds is 5. The van der Waals surface area contributed by atoms with Crippen LogP contribution in [0.2, 0.25) is 0 Å². The Bertz CT molecular complexity index is 358. The van der Waals surface area contributed by atoms with Crippen LogP contribution in [-0.4, -0.2) is 19.2 Å². The Kier molecular flexibility index (Phi) is 4.83. The zero-order valence-electron chi connectivity index (χ0n) is 9.79. The van der Waals surface area contributed by atoms with E-state index in [1.807, 2.05) is 26.0 Å². The summed E-state index contributed by atoms with van der Waals surface area (Å²) < 4.78 is 10.3. The minimum Gasteiger partial charge on any atom is -0.490 e. The largest absolute Gasteiger partial charge is 0.490 e. The van der Waals surface area contributed by atoms with E-state index >= 15 is 0 Å². The van der Waals surface area contributed by atoms with Crippen LogP contribution in [0.4, 0.5) is 0 Å². The van der Waals surface area contributed by atoms with E-state index in [2.05, 4.69) is 13.0 Å². The molecule has 0 bridgehead atoms. The molecule has 0 heterocycles. The number of hydrogen-bond donors (Lipinski definition) is 0. The van der Waals surface area contributed by atoms with Gasteiger partial charge in [-0.2, -0.15) is 0 Å². The van der Waals surface area contributed by atoms with Gasteiger partial charge in [-0.3, -0.25) is 4.79 Å². The van der Waals surface area contributed by atoms with E-state index in [0.717, 1.165) is 11.3 Å². The molecule has 0 aliphatic heterocycles. The van der Waals surface area contributed by atoms with Gasteiger partial charge in [-0.05, 0) is 32.4 Å². The first-order valence-electron chi connectivity index (χ1n) is 5.28. The fraction of sp³-hybridized carbons (Fsp3) is 0.385. The highest BCUT2D eigenvalue weighted by molar-refractivity contribution is 5.69. The molecule has 0 unspecified atom stereocenters. The lowest BCUT2D eigenvalue weighted by atomic mass is 10.1. The fourth-order valence-electron chi connectivity index (χ4n) is 1.34. The normalized spacial score (nSPS) is 9.94. The molecule has 0 atom stereocenters. The van der Waals surface area contributed by atoms with Crippen LogP contribution >= 0.6 is 0 Å². The van der Waals surface area contributed by atoms with Gasteiger partial charge in [-0.1, -0.05) is 17.7 Å². The monoisotopic (exact) mass is 221 g/mol. The molecular weight excluding hydrogens is 204 g/mol. The van der Waals surface area contributed by atoms with Crippen LogP contribution in [0.5, 0.6) is 5.75 Å². The third kappa shape index (κ3) is 3.93. The third-order valence-electron chi connectivity index (χ3n) is 2.14. The van der Waals surface area contributed by atoms with Crippen molar-refractivity contribution in [2.75, 3.05) is 13.2 Å². The molecule has 1 aromatic rings. The Morgan fingerprint density at radius 1 is 1.31 bits per heavy atom. The first-order valence-corrected chi connectivity index (χ1v) is 5.28. The molecule has 0 amide bonds. The highest BCUT2D eigenvalue weighted by Crippen LogP contribution is 2.18. The number of benzene rings is 1. The van der Waals surface area contributed by atoms with Gasteiger partial charge in [0.05, 0.1) is 0 Å². The van der Waals surface area contributed by atoms with Crippen LogP contribution in [0, 0.1) is 20.8 Å². The topological polar surface area (TPSA) is 35.5 Å². The maximum atomic E-state index is 10.8. The summed E-state index contributed by atoms with van der Waals surface area (Å²) in [4.78, 5) is 10.8. The molecule has 0 aromatic heterocycles. The second-order valence-corrected chi connectivity index (χ2v) is 3.59. The molecule has 0 spiro atoms. The number of hydrogen-bond acceptors (Lipinski definition) is 3. The third-order valence-corrected chi connectivity index (χ3v) is 2.14. The van der Waals surface area contributed by atoms with Gasteiger partial charge < -0.3 is 9.47 Å². The second kappa shape index (κ2) is 6.16. The first kappa shape index (κ1) is 12.6. The van der Waals surface area contributed by atoms with Crippen molar-refractivity contribution in [1.29, 1.82) is 0 Å². The number of ether oxygens (including phenoxy) is 2. The predicted octanol–water partition coefficient (Wildman–Crippen LogP) is 2.45. The first-order chi connectivity index (χ1) is 7.63. The van der Waals surface area contributed by atoms with Crippen LogP contribution in [0.3, 0.4) is 0 Å². The molecule has 3 heteroatoms. The van der Waals surface area contributed by atoms with Gasteiger partial charge in [-0.15, -0.1) is 0 Å². The van der Waals surface area contributed by atoms with Gasteiger partial charge in [-0.25, -0.2) is 0 Å². The van der Waals surface area contributed by atoms with Crippen LogP contribution in [0.1, 0.15) is 17.5 Å². The van der Waals surface area contributed by atoms with Gasteiger partial charge >= 0.3 is 5.97 Å². The van der Waals surface area contributed by atoms with Crippen molar-refractivity contribution < 1.29 is 14.3 Å². The summed E-state index contributed by atoms with van der Waals surface area (Å²) in [5.41, 5.74) is 2.29. The summed E-state index contributed by atoms with van der Waals surface area (Å²) in [6, 6.07) is 5.97. The van der Waals surface area contributed by atoms with E-state index in [9.17, 15) is 4.79 Å². The van der Waals surface area contributed by atoms with Crippen molar-refractivity contribution in [2.45, 2.75) is 20.3 Å². The number of carbonyl (C=O) groups excluding carboxylic acids is 1. The van der Waals surface area contributed by atoms with E-state index in [4.69, 9.17) is 9.47 Å². The lowest BCUT2D eigenvalue weighted by molar-refractivity contribution is -0.143. The molecule has 3 nitrogen and oxygen atoms in total. The zero-order valence-corrected chi connectivity index (χ0v) is 9.79. The smallest absolute Gasteiger partial charge is 0.305 e. The molecule has 16 heavy (non-hydrogen) atoms. The summed E-state index contributed by atoms with van der Waals surface area (Å²) in [5.74, 6) is 0.528. The Hall–Kier alpha value is -1.51. The fourth-order valence-corrected chi connectivity index (χ4v) is 1.34. The summed E-state index contributed by atoms with van der Waals surface area (Å²) in [7, 11) is 0. The Labute approximate surface area is 96.4 Å². The van der Waals surface area contributed by atoms with Gasteiger partial charge in [0.1, 0.15) is 19.0 Å². The van der Waals surface area contributed by atoms with Gasteiger partial charge in [0.2, 0.25) is 0 Å². The molecule has 1 radical (unpaired) electrons. The number of carbonyl (C=O) groups is 1. The minimum absolute atomic E-state index is 0.156. The average Bonchev–Trinajstić information content (AvgIpc) is 2.26. The van der Waals surface area contributed by atoms with Gasteiger partial charge in [0, 0.05) is 6.42 Å². The van der Waals surface area contributed by atoms with E-state index in [1.165, 1.54) is 5.56 Å². The Balaban J connectivity index is 2.35. The summed E-state index contributed by atoms with van der Waals surface area (Å²) in [6.07, 6.45) is 0.156. The molecule has 1 rings (SSSR count). The van der Waals surface area contributed by atoms with Crippen LogP contribution in [0.15, 0.2) is 18.2 Å². The van der Waals surface area contributed by atoms with Crippen molar-refractivity contribution in [1.82, 2.24) is 0 Å².